The average molecular weight is 357 g/mol. The minimum atomic E-state index is -1.26. The zero-order valence-corrected chi connectivity index (χ0v) is 14.3. The third-order valence-electron chi connectivity index (χ3n) is 4.06. The Morgan fingerprint density at radius 2 is 1.83 bits per heavy atom. The van der Waals surface area contributed by atoms with E-state index in [0.717, 1.165) is 30.6 Å². The molecule has 0 bridgehead atoms. The number of carbonyl (C=O) groups excluding carboxylic acids is 4. The van der Waals surface area contributed by atoms with E-state index in [1.165, 1.54) is 11.8 Å². The first kappa shape index (κ1) is 18.7. The van der Waals surface area contributed by atoms with Crippen LogP contribution in [0.25, 0.3) is 0 Å². The Kier molecular flexibility index (Phi) is 7.04. The summed E-state index contributed by atoms with van der Waals surface area (Å²) in [5.74, 6) is -0.982. The predicted molar refractivity (Wildman–Crippen MR) is 88.1 cm³/mol. The van der Waals surface area contributed by atoms with E-state index in [-0.39, 0.29) is 48.9 Å². The molecule has 3 N–H and O–H groups in total. The molecule has 1 heterocycles. The number of rotatable bonds is 8. The van der Waals surface area contributed by atoms with Crippen LogP contribution in [0.3, 0.4) is 0 Å². The van der Waals surface area contributed by atoms with Crippen LogP contribution in [0, 0.1) is 0 Å². The summed E-state index contributed by atoms with van der Waals surface area (Å²) in [7, 11) is 0. The average Bonchev–Trinajstić information content (AvgIpc) is 3.11. The maximum Gasteiger partial charge on any atom is 0.258 e. The molecule has 2 rings (SSSR count). The van der Waals surface area contributed by atoms with Gasteiger partial charge < -0.3 is 15.7 Å². The smallest absolute Gasteiger partial charge is 0.258 e. The molecule has 0 aromatic carbocycles. The van der Waals surface area contributed by atoms with Gasteiger partial charge in [0.25, 0.3) is 5.91 Å². The van der Waals surface area contributed by atoms with E-state index in [1.807, 2.05) is 0 Å². The van der Waals surface area contributed by atoms with Gasteiger partial charge in [-0.2, -0.15) is 0 Å². The van der Waals surface area contributed by atoms with Gasteiger partial charge >= 0.3 is 0 Å². The SMILES string of the molecule is O=C(CSCC(=O)NC1CCCC1)NCCN1C(=O)C[C@H](O)C1=O. The van der Waals surface area contributed by atoms with Gasteiger partial charge in [-0.1, -0.05) is 12.8 Å². The van der Waals surface area contributed by atoms with Gasteiger partial charge in [-0.05, 0) is 12.8 Å². The summed E-state index contributed by atoms with van der Waals surface area (Å²) in [5.41, 5.74) is 0. The molecule has 2 aliphatic rings. The van der Waals surface area contributed by atoms with Crippen LogP contribution in [0.5, 0.6) is 0 Å². The minimum absolute atomic E-state index is 0.0489. The van der Waals surface area contributed by atoms with Gasteiger partial charge in [-0.25, -0.2) is 0 Å². The number of carbonyl (C=O) groups is 4. The Bertz CT molecular complexity index is 507. The second kappa shape index (κ2) is 9.03. The Morgan fingerprint density at radius 1 is 1.17 bits per heavy atom. The summed E-state index contributed by atoms with van der Waals surface area (Å²) in [4.78, 5) is 47.2. The number of nitrogens with zero attached hydrogens (tertiary/aromatic N) is 1. The van der Waals surface area contributed by atoms with Gasteiger partial charge in [0.15, 0.2) is 0 Å². The first-order chi connectivity index (χ1) is 11.5. The van der Waals surface area contributed by atoms with Gasteiger partial charge in [0.05, 0.1) is 17.9 Å². The first-order valence-corrected chi connectivity index (χ1v) is 9.29. The largest absolute Gasteiger partial charge is 0.383 e. The molecule has 1 aliphatic carbocycles. The van der Waals surface area contributed by atoms with Gasteiger partial charge in [0.2, 0.25) is 17.7 Å². The lowest BCUT2D eigenvalue weighted by molar-refractivity contribution is -0.141. The molecule has 0 aromatic rings. The van der Waals surface area contributed by atoms with Crippen LogP contribution in [0.15, 0.2) is 0 Å². The van der Waals surface area contributed by atoms with Crippen LogP contribution in [-0.2, 0) is 19.2 Å². The molecule has 134 valence electrons. The molecular weight excluding hydrogens is 334 g/mol. The summed E-state index contributed by atoms with van der Waals surface area (Å²) in [6.45, 7) is 0.186. The normalized spacial score (nSPS) is 21.4. The quantitative estimate of drug-likeness (QED) is 0.481. The molecule has 0 spiro atoms. The highest BCUT2D eigenvalue weighted by Gasteiger charge is 2.36. The summed E-state index contributed by atoms with van der Waals surface area (Å²) in [6, 6.07) is 0.276. The third-order valence-corrected chi connectivity index (χ3v) is 5.00. The Morgan fingerprint density at radius 3 is 2.46 bits per heavy atom. The van der Waals surface area contributed by atoms with Crippen molar-refractivity contribution in [1.29, 1.82) is 0 Å². The van der Waals surface area contributed by atoms with Crippen molar-refractivity contribution in [1.82, 2.24) is 15.5 Å². The molecule has 0 aromatic heterocycles. The van der Waals surface area contributed by atoms with Crippen LogP contribution in [0.4, 0.5) is 0 Å². The summed E-state index contributed by atoms with van der Waals surface area (Å²) < 4.78 is 0. The highest BCUT2D eigenvalue weighted by molar-refractivity contribution is 8.00. The summed E-state index contributed by atoms with van der Waals surface area (Å²) in [5, 5.41) is 14.8. The monoisotopic (exact) mass is 357 g/mol. The molecular formula is C15H23N3O5S. The first-order valence-electron chi connectivity index (χ1n) is 8.13. The van der Waals surface area contributed by atoms with Gasteiger partial charge in [0.1, 0.15) is 6.10 Å². The fraction of sp³-hybridized carbons (Fsp3) is 0.733. The Balaban J connectivity index is 1.54. The van der Waals surface area contributed by atoms with Crippen molar-refractivity contribution in [3.63, 3.8) is 0 Å². The van der Waals surface area contributed by atoms with E-state index in [1.54, 1.807) is 0 Å². The van der Waals surface area contributed by atoms with Crippen molar-refractivity contribution in [2.75, 3.05) is 24.6 Å². The number of aliphatic hydroxyl groups is 1. The van der Waals surface area contributed by atoms with E-state index in [4.69, 9.17) is 0 Å². The Hall–Kier alpha value is -1.61. The van der Waals surface area contributed by atoms with Crippen molar-refractivity contribution in [3.8, 4) is 0 Å². The lowest BCUT2D eigenvalue weighted by atomic mass is 10.2. The molecule has 4 amide bonds. The summed E-state index contributed by atoms with van der Waals surface area (Å²) >= 11 is 1.23. The van der Waals surface area contributed by atoms with Crippen molar-refractivity contribution < 1.29 is 24.3 Å². The molecule has 9 heteroatoms. The van der Waals surface area contributed by atoms with Crippen molar-refractivity contribution in [3.05, 3.63) is 0 Å². The van der Waals surface area contributed by atoms with E-state index in [9.17, 15) is 24.3 Å². The van der Waals surface area contributed by atoms with Crippen LogP contribution in [0.1, 0.15) is 32.1 Å². The number of hydrogen-bond acceptors (Lipinski definition) is 6. The van der Waals surface area contributed by atoms with Crippen molar-refractivity contribution in [2.24, 2.45) is 0 Å². The number of likely N-dealkylation sites (tertiary alicyclic amines) is 1. The number of amides is 4. The van der Waals surface area contributed by atoms with Gasteiger partial charge in [-0.3, -0.25) is 24.1 Å². The number of thioether (sulfide) groups is 1. The van der Waals surface area contributed by atoms with Crippen LogP contribution < -0.4 is 10.6 Å². The lowest BCUT2D eigenvalue weighted by Gasteiger charge is -2.14. The minimum Gasteiger partial charge on any atom is -0.383 e. The number of imide groups is 1. The molecule has 1 saturated carbocycles. The van der Waals surface area contributed by atoms with Crippen LogP contribution in [0.2, 0.25) is 0 Å². The fourth-order valence-electron chi connectivity index (χ4n) is 2.83. The molecule has 1 atom stereocenters. The number of aliphatic hydroxyl groups excluding tert-OH is 1. The zero-order valence-electron chi connectivity index (χ0n) is 13.5. The zero-order chi connectivity index (χ0) is 17.5. The Labute approximate surface area is 144 Å². The molecule has 0 radical (unpaired) electrons. The standard InChI is InChI=1S/C15H23N3O5S/c19-11-7-14(22)18(15(11)23)6-5-16-12(20)8-24-9-13(21)17-10-3-1-2-4-10/h10-11,19H,1-9H2,(H,16,20)(H,17,21)/t11-/m0/s1. The summed E-state index contributed by atoms with van der Waals surface area (Å²) in [6.07, 6.45) is 2.90. The lowest BCUT2D eigenvalue weighted by Crippen LogP contribution is -2.39. The van der Waals surface area contributed by atoms with Crippen molar-refractivity contribution >= 4 is 35.4 Å². The highest BCUT2D eigenvalue weighted by Crippen LogP contribution is 2.17. The molecule has 0 unspecified atom stereocenters. The van der Waals surface area contributed by atoms with E-state index >= 15 is 0 Å². The molecule has 24 heavy (non-hydrogen) atoms. The highest BCUT2D eigenvalue weighted by atomic mass is 32.2. The van der Waals surface area contributed by atoms with E-state index < -0.39 is 17.9 Å². The maximum absolute atomic E-state index is 11.7. The second-order valence-corrected chi connectivity index (χ2v) is 6.98. The molecule has 2 fully saturated rings. The molecule has 1 saturated heterocycles. The van der Waals surface area contributed by atoms with Crippen molar-refractivity contribution in [2.45, 2.75) is 44.2 Å². The van der Waals surface area contributed by atoms with Crippen LogP contribution >= 0.6 is 11.8 Å². The molecule has 8 nitrogen and oxygen atoms in total. The van der Waals surface area contributed by atoms with Gasteiger partial charge in [0, 0.05) is 19.1 Å². The number of hydrogen-bond donors (Lipinski definition) is 3. The maximum atomic E-state index is 11.7. The van der Waals surface area contributed by atoms with Gasteiger partial charge in [-0.15, -0.1) is 11.8 Å². The van der Waals surface area contributed by atoms with Crippen LogP contribution in [-0.4, -0.2) is 70.4 Å². The predicted octanol–water partition coefficient (Wildman–Crippen LogP) is -0.986. The molecule has 1 aliphatic heterocycles. The third kappa shape index (κ3) is 5.48. The topological polar surface area (TPSA) is 116 Å². The van der Waals surface area contributed by atoms with E-state index in [2.05, 4.69) is 10.6 Å². The second-order valence-electron chi connectivity index (χ2n) is 6.00. The number of nitrogens with one attached hydrogen (secondary N) is 2. The fourth-order valence-corrected chi connectivity index (χ4v) is 3.49. The van der Waals surface area contributed by atoms with E-state index in [0.29, 0.717) is 0 Å².